The average molecular weight is 330 g/mol. The van der Waals surface area contributed by atoms with Crippen LogP contribution in [0.2, 0.25) is 0 Å². The largest absolute Gasteiger partial charge is 0.484 e. The van der Waals surface area contributed by atoms with Gasteiger partial charge in [-0.2, -0.15) is 0 Å². The van der Waals surface area contributed by atoms with E-state index in [1.165, 1.54) is 18.2 Å². The van der Waals surface area contributed by atoms with Crippen molar-refractivity contribution in [2.75, 3.05) is 6.61 Å². The number of halogens is 1. The highest BCUT2D eigenvalue weighted by molar-refractivity contribution is 5.83. The van der Waals surface area contributed by atoms with Gasteiger partial charge in [0.2, 0.25) is 5.91 Å². The van der Waals surface area contributed by atoms with Crippen molar-refractivity contribution in [3.05, 3.63) is 65.0 Å². The summed E-state index contributed by atoms with van der Waals surface area (Å²) in [5.41, 5.74) is 7.12. The van der Waals surface area contributed by atoms with Crippen molar-refractivity contribution in [1.82, 2.24) is 10.9 Å². The van der Waals surface area contributed by atoms with Gasteiger partial charge in [-0.1, -0.05) is 18.2 Å². The van der Waals surface area contributed by atoms with Crippen LogP contribution in [-0.2, 0) is 16.0 Å². The Morgan fingerprint density at radius 1 is 1.00 bits per heavy atom. The molecular formula is C18H19FN2O3. The molecule has 0 fully saturated rings. The molecule has 24 heavy (non-hydrogen) atoms. The maximum Gasteiger partial charge on any atom is 0.276 e. The van der Waals surface area contributed by atoms with Crippen molar-refractivity contribution in [2.45, 2.75) is 20.3 Å². The molecule has 5 nitrogen and oxygen atoms in total. The van der Waals surface area contributed by atoms with Gasteiger partial charge in [-0.3, -0.25) is 20.4 Å². The fourth-order valence-electron chi connectivity index (χ4n) is 2.22. The van der Waals surface area contributed by atoms with Crippen molar-refractivity contribution in [1.29, 1.82) is 0 Å². The first kappa shape index (κ1) is 17.5. The van der Waals surface area contributed by atoms with Crippen molar-refractivity contribution in [3.63, 3.8) is 0 Å². The van der Waals surface area contributed by atoms with Crippen LogP contribution in [-0.4, -0.2) is 18.4 Å². The molecule has 0 saturated carbocycles. The fourth-order valence-corrected chi connectivity index (χ4v) is 2.22. The number of aryl methyl sites for hydroxylation is 2. The number of hydrogen-bond acceptors (Lipinski definition) is 3. The monoisotopic (exact) mass is 330 g/mol. The molecule has 0 aliphatic carbocycles. The third kappa shape index (κ3) is 5.72. The molecule has 0 radical (unpaired) electrons. The number of hydrogen-bond donors (Lipinski definition) is 2. The van der Waals surface area contributed by atoms with E-state index in [1.807, 2.05) is 32.0 Å². The Bertz CT molecular complexity index is 727. The van der Waals surface area contributed by atoms with Crippen LogP contribution in [0.25, 0.3) is 0 Å². The third-order valence-electron chi connectivity index (χ3n) is 3.16. The average Bonchev–Trinajstić information content (AvgIpc) is 2.50. The van der Waals surface area contributed by atoms with E-state index < -0.39 is 17.6 Å². The zero-order chi connectivity index (χ0) is 17.5. The first-order valence-corrected chi connectivity index (χ1v) is 7.45. The van der Waals surface area contributed by atoms with Crippen LogP contribution in [0, 0.1) is 19.7 Å². The molecule has 2 aromatic rings. The summed E-state index contributed by atoms with van der Waals surface area (Å²) in [5.74, 6) is -0.748. The van der Waals surface area contributed by atoms with E-state index in [1.54, 1.807) is 6.07 Å². The number of hydrazine groups is 1. The quantitative estimate of drug-likeness (QED) is 0.826. The molecule has 0 aromatic heterocycles. The molecule has 0 heterocycles. The second-order valence-corrected chi connectivity index (χ2v) is 5.52. The van der Waals surface area contributed by atoms with Crippen molar-refractivity contribution < 1.29 is 18.7 Å². The molecule has 0 aliphatic heterocycles. The maximum absolute atomic E-state index is 13.0. The molecule has 2 N–H and O–H groups in total. The molecule has 0 spiro atoms. The molecule has 0 saturated heterocycles. The molecule has 0 aliphatic rings. The molecule has 2 aromatic carbocycles. The molecule has 6 heteroatoms. The van der Waals surface area contributed by atoms with Gasteiger partial charge in [0.1, 0.15) is 11.6 Å². The molecule has 0 unspecified atom stereocenters. The van der Waals surface area contributed by atoms with Crippen LogP contribution in [0.4, 0.5) is 4.39 Å². The van der Waals surface area contributed by atoms with Crippen LogP contribution in [0.15, 0.2) is 42.5 Å². The number of ether oxygens (including phenoxy) is 1. The number of rotatable bonds is 5. The number of nitrogens with one attached hydrogen (secondary N) is 2. The summed E-state index contributed by atoms with van der Waals surface area (Å²) in [4.78, 5) is 23.4. The summed E-state index contributed by atoms with van der Waals surface area (Å²) < 4.78 is 18.4. The van der Waals surface area contributed by atoms with Gasteiger partial charge < -0.3 is 4.74 Å². The Hall–Kier alpha value is -2.89. The smallest absolute Gasteiger partial charge is 0.276 e. The van der Waals surface area contributed by atoms with Crippen LogP contribution in [0.1, 0.15) is 16.7 Å². The lowest BCUT2D eigenvalue weighted by Gasteiger charge is -2.10. The van der Waals surface area contributed by atoms with Crippen LogP contribution in [0.5, 0.6) is 5.75 Å². The Balaban J connectivity index is 1.75. The summed E-state index contributed by atoms with van der Waals surface area (Å²) in [6.45, 7) is 3.66. The van der Waals surface area contributed by atoms with E-state index in [4.69, 9.17) is 4.74 Å². The second-order valence-electron chi connectivity index (χ2n) is 5.52. The fraction of sp³-hybridized carbons (Fsp3) is 0.222. The molecule has 2 rings (SSSR count). The lowest BCUT2D eigenvalue weighted by atomic mass is 10.1. The molecule has 126 valence electrons. The van der Waals surface area contributed by atoms with Gasteiger partial charge in [0.05, 0.1) is 6.42 Å². The lowest BCUT2D eigenvalue weighted by Crippen LogP contribution is -2.44. The highest BCUT2D eigenvalue weighted by Crippen LogP contribution is 2.15. The maximum atomic E-state index is 13.0. The van der Waals surface area contributed by atoms with Crippen LogP contribution < -0.4 is 15.6 Å². The van der Waals surface area contributed by atoms with Gasteiger partial charge in [0, 0.05) is 0 Å². The van der Waals surface area contributed by atoms with Gasteiger partial charge in [-0.25, -0.2) is 4.39 Å². The summed E-state index contributed by atoms with van der Waals surface area (Å²) in [5, 5.41) is 0. The lowest BCUT2D eigenvalue weighted by molar-refractivity contribution is -0.129. The second kappa shape index (κ2) is 8.10. The summed E-state index contributed by atoms with van der Waals surface area (Å²) in [6, 6.07) is 11.4. The summed E-state index contributed by atoms with van der Waals surface area (Å²) in [7, 11) is 0. The van der Waals surface area contributed by atoms with Gasteiger partial charge in [0.15, 0.2) is 6.61 Å². The topological polar surface area (TPSA) is 67.4 Å². The van der Waals surface area contributed by atoms with Gasteiger partial charge >= 0.3 is 0 Å². The number of carbonyl (C=O) groups is 2. The van der Waals surface area contributed by atoms with Gasteiger partial charge in [0.25, 0.3) is 5.91 Å². The first-order chi connectivity index (χ1) is 11.4. The predicted octanol–water partition coefficient (Wildman–Crippen LogP) is 2.21. The van der Waals surface area contributed by atoms with E-state index in [0.717, 1.165) is 11.1 Å². The SMILES string of the molecule is Cc1cc(C)cc(OCC(=O)NNC(=O)Cc2cccc(F)c2)c1. The minimum Gasteiger partial charge on any atom is -0.484 e. The van der Waals surface area contributed by atoms with Crippen molar-refractivity contribution in [2.24, 2.45) is 0 Å². The van der Waals surface area contributed by atoms with E-state index in [0.29, 0.717) is 11.3 Å². The third-order valence-corrected chi connectivity index (χ3v) is 3.16. The number of benzene rings is 2. The number of carbonyl (C=O) groups excluding carboxylic acids is 2. The Labute approximate surface area is 139 Å². The van der Waals surface area contributed by atoms with E-state index in [9.17, 15) is 14.0 Å². The van der Waals surface area contributed by atoms with Gasteiger partial charge in [-0.15, -0.1) is 0 Å². The van der Waals surface area contributed by atoms with Crippen molar-refractivity contribution in [3.8, 4) is 5.75 Å². The van der Waals surface area contributed by atoms with E-state index in [-0.39, 0.29) is 13.0 Å². The highest BCUT2D eigenvalue weighted by atomic mass is 19.1. The summed E-state index contributed by atoms with van der Waals surface area (Å²) >= 11 is 0. The van der Waals surface area contributed by atoms with E-state index >= 15 is 0 Å². The minimum absolute atomic E-state index is 0.0318. The Morgan fingerprint density at radius 2 is 1.67 bits per heavy atom. The standard InChI is InChI=1S/C18H19FN2O3/c1-12-6-13(2)8-16(7-12)24-11-18(23)21-20-17(22)10-14-4-3-5-15(19)9-14/h3-9H,10-11H2,1-2H3,(H,20,22)(H,21,23). The molecular weight excluding hydrogens is 311 g/mol. The Kier molecular flexibility index (Phi) is 5.89. The molecule has 2 amide bonds. The van der Waals surface area contributed by atoms with Crippen LogP contribution in [0.3, 0.4) is 0 Å². The van der Waals surface area contributed by atoms with Crippen molar-refractivity contribution >= 4 is 11.8 Å². The zero-order valence-corrected chi connectivity index (χ0v) is 13.6. The zero-order valence-electron chi connectivity index (χ0n) is 13.6. The first-order valence-electron chi connectivity index (χ1n) is 7.45. The summed E-state index contributed by atoms with van der Waals surface area (Å²) in [6.07, 6.45) is -0.0318. The highest BCUT2D eigenvalue weighted by Gasteiger charge is 2.07. The molecule has 0 atom stereocenters. The van der Waals surface area contributed by atoms with Crippen LogP contribution >= 0.6 is 0 Å². The Morgan fingerprint density at radius 3 is 2.33 bits per heavy atom. The van der Waals surface area contributed by atoms with Gasteiger partial charge in [-0.05, 0) is 54.8 Å². The van der Waals surface area contributed by atoms with E-state index in [2.05, 4.69) is 10.9 Å². The molecule has 0 bridgehead atoms. The predicted molar refractivity (Wildman–Crippen MR) is 87.8 cm³/mol. The minimum atomic E-state index is -0.484. The normalized spacial score (nSPS) is 10.1. The number of amides is 2.